The highest BCUT2D eigenvalue weighted by atomic mass is 16.5. The van der Waals surface area contributed by atoms with Gasteiger partial charge >= 0.3 is 0 Å². The predicted molar refractivity (Wildman–Crippen MR) is 74.8 cm³/mol. The summed E-state index contributed by atoms with van der Waals surface area (Å²) in [5, 5.41) is 2.96. The van der Waals surface area contributed by atoms with Crippen molar-refractivity contribution >= 4 is 5.91 Å². The maximum atomic E-state index is 11.8. The van der Waals surface area contributed by atoms with Gasteiger partial charge < -0.3 is 15.8 Å². The smallest absolute Gasteiger partial charge is 0.258 e. The molecular formula is C15H22N2O2. The number of carbonyl (C=O) groups is 1. The quantitative estimate of drug-likeness (QED) is 0.788. The van der Waals surface area contributed by atoms with E-state index < -0.39 is 0 Å². The van der Waals surface area contributed by atoms with Crippen molar-refractivity contribution in [3.05, 3.63) is 29.8 Å². The van der Waals surface area contributed by atoms with Crippen molar-refractivity contribution in [3.63, 3.8) is 0 Å². The second kappa shape index (κ2) is 6.57. The van der Waals surface area contributed by atoms with E-state index in [0.717, 1.165) is 17.9 Å². The van der Waals surface area contributed by atoms with Crippen LogP contribution in [0.15, 0.2) is 24.3 Å². The zero-order valence-corrected chi connectivity index (χ0v) is 11.4. The third-order valence-corrected chi connectivity index (χ3v) is 3.34. The van der Waals surface area contributed by atoms with Crippen molar-refractivity contribution in [2.75, 3.05) is 6.61 Å². The first-order chi connectivity index (χ1) is 9.19. The Kier molecular flexibility index (Phi) is 4.80. The Labute approximate surface area is 114 Å². The molecule has 4 heteroatoms. The van der Waals surface area contributed by atoms with Gasteiger partial charge in [-0.15, -0.1) is 0 Å². The molecule has 1 amide bonds. The summed E-state index contributed by atoms with van der Waals surface area (Å²) in [6, 6.07) is 7.76. The second-order valence-electron chi connectivity index (χ2n) is 5.25. The van der Waals surface area contributed by atoms with Crippen molar-refractivity contribution in [1.29, 1.82) is 0 Å². The fourth-order valence-electron chi connectivity index (χ4n) is 2.19. The van der Waals surface area contributed by atoms with Gasteiger partial charge in [0, 0.05) is 18.2 Å². The molecule has 1 aromatic rings. The fraction of sp³-hybridized carbons (Fsp3) is 0.533. The third-order valence-electron chi connectivity index (χ3n) is 3.34. The van der Waals surface area contributed by atoms with Crippen molar-refractivity contribution in [2.24, 2.45) is 11.7 Å². The number of hydrogen-bond acceptors (Lipinski definition) is 3. The van der Waals surface area contributed by atoms with Crippen LogP contribution in [0.2, 0.25) is 0 Å². The van der Waals surface area contributed by atoms with Crippen LogP contribution in [-0.4, -0.2) is 18.6 Å². The van der Waals surface area contributed by atoms with Crippen molar-refractivity contribution in [1.82, 2.24) is 5.32 Å². The zero-order valence-electron chi connectivity index (χ0n) is 11.4. The molecule has 1 fully saturated rings. The van der Waals surface area contributed by atoms with Gasteiger partial charge in [-0.2, -0.15) is 0 Å². The van der Waals surface area contributed by atoms with Gasteiger partial charge in [-0.05, 0) is 25.3 Å². The van der Waals surface area contributed by atoms with Crippen molar-refractivity contribution in [2.45, 2.75) is 38.8 Å². The SMILES string of the molecule is CC(CC1CC1)NC(=O)COc1ccccc1CN. The summed E-state index contributed by atoms with van der Waals surface area (Å²) in [4.78, 5) is 11.8. The molecule has 19 heavy (non-hydrogen) atoms. The van der Waals surface area contributed by atoms with Crippen LogP contribution in [0.1, 0.15) is 31.7 Å². The molecule has 0 aliphatic heterocycles. The van der Waals surface area contributed by atoms with Crippen molar-refractivity contribution < 1.29 is 9.53 Å². The Morgan fingerprint density at radius 2 is 2.21 bits per heavy atom. The molecule has 0 heterocycles. The number of hydrogen-bond donors (Lipinski definition) is 2. The molecule has 1 atom stereocenters. The van der Waals surface area contributed by atoms with Crippen LogP contribution < -0.4 is 15.8 Å². The normalized spacial score (nSPS) is 15.9. The van der Waals surface area contributed by atoms with E-state index in [1.165, 1.54) is 12.8 Å². The summed E-state index contributed by atoms with van der Waals surface area (Å²) in [5.41, 5.74) is 6.54. The summed E-state index contributed by atoms with van der Waals surface area (Å²) in [6.07, 6.45) is 3.69. The minimum Gasteiger partial charge on any atom is -0.483 e. The molecule has 1 saturated carbocycles. The first kappa shape index (κ1) is 13.9. The molecule has 4 nitrogen and oxygen atoms in total. The van der Waals surface area contributed by atoms with Crippen LogP contribution in [0.25, 0.3) is 0 Å². The maximum Gasteiger partial charge on any atom is 0.258 e. The molecule has 2 rings (SSSR count). The van der Waals surface area contributed by atoms with Gasteiger partial charge in [-0.3, -0.25) is 4.79 Å². The van der Waals surface area contributed by atoms with Gasteiger partial charge in [-0.25, -0.2) is 0 Å². The molecule has 0 spiro atoms. The first-order valence-corrected chi connectivity index (χ1v) is 6.89. The largest absolute Gasteiger partial charge is 0.483 e. The molecule has 104 valence electrons. The summed E-state index contributed by atoms with van der Waals surface area (Å²) < 4.78 is 5.52. The number of benzene rings is 1. The maximum absolute atomic E-state index is 11.8. The third kappa shape index (κ3) is 4.56. The molecule has 0 aromatic heterocycles. The van der Waals surface area contributed by atoms with Crippen LogP contribution in [0.4, 0.5) is 0 Å². The minimum atomic E-state index is -0.0695. The van der Waals surface area contributed by atoms with Crippen LogP contribution in [0.3, 0.4) is 0 Å². The Morgan fingerprint density at radius 3 is 2.89 bits per heavy atom. The van der Waals surface area contributed by atoms with E-state index >= 15 is 0 Å². The lowest BCUT2D eigenvalue weighted by Crippen LogP contribution is -2.36. The van der Waals surface area contributed by atoms with Gasteiger partial charge in [-0.1, -0.05) is 31.0 Å². The number of carbonyl (C=O) groups excluding carboxylic acids is 1. The van der Waals surface area contributed by atoms with Gasteiger partial charge in [0.15, 0.2) is 6.61 Å². The lowest BCUT2D eigenvalue weighted by molar-refractivity contribution is -0.123. The molecule has 1 aliphatic rings. The topological polar surface area (TPSA) is 64.3 Å². The molecule has 0 saturated heterocycles. The van der Waals surface area contributed by atoms with Gasteiger partial charge in [0.25, 0.3) is 5.91 Å². The number of para-hydroxylation sites is 1. The van der Waals surface area contributed by atoms with Crippen LogP contribution in [-0.2, 0) is 11.3 Å². The van der Waals surface area contributed by atoms with E-state index in [1.54, 1.807) is 0 Å². The lowest BCUT2D eigenvalue weighted by Gasteiger charge is -2.14. The number of ether oxygens (including phenoxy) is 1. The fourth-order valence-corrected chi connectivity index (χ4v) is 2.19. The number of rotatable bonds is 7. The molecule has 1 aromatic carbocycles. The minimum absolute atomic E-state index is 0.0476. The van der Waals surface area contributed by atoms with Crippen molar-refractivity contribution in [3.8, 4) is 5.75 Å². The number of nitrogens with two attached hydrogens (primary N) is 1. The molecule has 0 radical (unpaired) electrons. The molecule has 1 aliphatic carbocycles. The Balaban J connectivity index is 1.75. The standard InChI is InChI=1S/C15H22N2O2/c1-11(8-12-6-7-12)17-15(18)10-19-14-5-3-2-4-13(14)9-16/h2-5,11-12H,6-10,16H2,1H3,(H,17,18). The summed E-state index contributed by atoms with van der Waals surface area (Å²) in [7, 11) is 0. The highest BCUT2D eigenvalue weighted by Crippen LogP contribution is 2.33. The number of nitrogens with one attached hydrogen (secondary N) is 1. The predicted octanol–water partition coefficient (Wildman–Crippen LogP) is 1.83. The molecular weight excluding hydrogens is 240 g/mol. The Bertz CT molecular complexity index is 430. The average molecular weight is 262 g/mol. The summed E-state index contributed by atoms with van der Waals surface area (Å²) >= 11 is 0. The van der Waals surface area contributed by atoms with E-state index in [1.807, 2.05) is 31.2 Å². The number of amides is 1. The average Bonchev–Trinajstić information content (AvgIpc) is 3.20. The Morgan fingerprint density at radius 1 is 1.47 bits per heavy atom. The van der Waals surface area contributed by atoms with Crippen LogP contribution in [0, 0.1) is 5.92 Å². The monoisotopic (exact) mass is 262 g/mol. The summed E-state index contributed by atoms with van der Waals surface area (Å²) in [6.45, 7) is 2.51. The van der Waals surface area contributed by atoms with E-state index in [-0.39, 0.29) is 18.6 Å². The second-order valence-corrected chi connectivity index (χ2v) is 5.25. The zero-order chi connectivity index (χ0) is 13.7. The van der Waals surface area contributed by atoms with E-state index in [0.29, 0.717) is 12.3 Å². The van der Waals surface area contributed by atoms with E-state index in [9.17, 15) is 4.79 Å². The molecule has 1 unspecified atom stereocenters. The van der Waals surface area contributed by atoms with Crippen LogP contribution in [0.5, 0.6) is 5.75 Å². The van der Waals surface area contributed by atoms with Gasteiger partial charge in [0.2, 0.25) is 0 Å². The highest BCUT2D eigenvalue weighted by molar-refractivity contribution is 5.77. The van der Waals surface area contributed by atoms with Crippen LogP contribution >= 0.6 is 0 Å². The lowest BCUT2D eigenvalue weighted by atomic mass is 10.1. The van der Waals surface area contributed by atoms with E-state index in [2.05, 4.69) is 5.32 Å². The van der Waals surface area contributed by atoms with Gasteiger partial charge in [0.1, 0.15) is 5.75 Å². The van der Waals surface area contributed by atoms with E-state index in [4.69, 9.17) is 10.5 Å². The summed E-state index contributed by atoms with van der Waals surface area (Å²) in [5.74, 6) is 1.43. The first-order valence-electron chi connectivity index (χ1n) is 6.89. The molecule has 3 N–H and O–H groups in total. The Hall–Kier alpha value is -1.55. The molecule has 0 bridgehead atoms. The highest BCUT2D eigenvalue weighted by Gasteiger charge is 2.24. The van der Waals surface area contributed by atoms with Gasteiger partial charge in [0.05, 0.1) is 0 Å².